The lowest BCUT2D eigenvalue weighted by Gasteiger charge is -2.24. The summed E-state index contributed by atoms with van der Waals surface area (Å²) < 4.78 is 5.85. The van der Waals surface area contributed by atoms with Gasteiger partial charge in [-0.2, -0.15) is 0 Å². The van der Waals surface area contributed by atoms with Gasteiger partial charge < -0.3 is 4.74 Å². The molecule has 0 spiro atoms. The van der Waals surface area contributed by atoms with Crippen LogP contribution in [0, 0.1) is 0 Å². The van der Waals surface area contributed by atoms with E-state index in [2.05, 4.69) is 0 Å². The number of nitrogens with zero attached hydrogens (tertiary/aromatic N) is 1. The van der Waals surface area contributed by atoms with Crippen LogP contribution in [0.1, 0.15) is 16.5 Å². The number of hydrogen-bond donors (Lipinski definition) is 0. The van der Waals surface area contributed by atoms with Gasteiger partial charge >= 0.3 is 0 Å². The van der Waals surface area contributed by atoms with E-state index in [4.69, 9.17) is 27.9 Å². The molecular formula is C22H17Cl2NO2S. The van der Waals surface area contributed by atoms with E-state index in [1.165, 1.54) is 0 Å². The Kier molecular flexibility index (Phi) is 5.81. The minimum Gasteiger partial charge on any atom is -0.489 e. The van der Waals surface area contributed by atoms with Crippen molar-refractivity contribution in [2.24, 2.45) is 0 Å². The maximum Gasteiger partial charge on any atom is 0.238 e. The lowest BCUT2D eigenvalue weighted by molar-refractivity contribution is -0.115. The molecule has 1 atom stereocenters. The Morgan fingerprint density at radius 3 is 2.14 bits per heavy atom. The van der Waals surface area contributed by atoms with Crippen LogP contribution >= 0.6 is 35.0 Å². The van der Waals surface area contributed by atoms with Crippen LogP contribution < -0.4 is 9.64 Å². The van der Waals surface area contributed by atoms with Crippen molar-refractivity contribution in [1.82, 2.24) is 0 Å². The first kappa shape index (κ1) is 19.2. The molecule has 0 aliphatic carbocycles. The van der Waals surface area contributed by atoms with Crippen molar-refractivity contribution >= 4 is 46.6 Å². The molecule has 1 amide bonds. The van der Waals surface area contributed by atoms with E-state index in [9.17, 15) is 4.79 Å². The fourth-order valence-electron chi connectivity index (χ4n) is 3.03. The molecule has 1 heterocycles. The smallest absolute Gasteiger partial charge is 0.238 e. The zero-order valence-electron chi connectivity index (χ0n) is 14.8. The molecule has 3 aromatic carbocycles. The van der Waals surface area contributed by atoms with Crippen molar-refractivity contribution in [2.75, 3.05) is 10.7 Å². The Labute approximate surface area is 178 Å². The van der Waals surface area contributed by atoms with Crippen molar-refractivity contribution in [3.63, 3.8) is 0 Å². The molecule has 0 unspecified atom stereocenters. The third-order valence-corrected chi connectivity index (χ3v) is 6.17. The standard InChI is InChI=1S/C22H17Cl2NO2S/c23-17-5-1-15(2-6-17)13-27-20-11-3-16(4-12-20)22-25(21(26)14-28-22)19-9-7-18(24)8-10-19/h1-12,22H,13-14H2/t22-/m1/s1. The van der Waals surface area contributed by atoms with Crippen LogP contribution in [0.15, 0.2) is 72.8 Å². The quantitative estimate of drug-likeness (QED) is 0.472. The SMILES string of the molecule is O=C1CS[C@H](c2ccc(OCc3ccc(Cl)cc3)cc2)N1c1ccc(Cl)cc1. The number of anilines is 1. The molecule has 6 heteroatoms. The molecule has 1 fully saturated rings. The van der Waals surface area contributed by atoms with Gasteiger partial charge in [-0.05, 0) is 59.7 Å². The van der Waals surface area contributed by atoms with Crippen LogP contribution in [0.3, 0.4) is 0 Å². The first-order chi connectivity index (χ1) is 13.6. The first-order valence-corrected chi connectivity index (χ1v) is 10.6. The molecule has 142 valence electrons. The molecule has 0 N–H and O–H groups in total. The van der Waals surface area contributed by atoms with Crippen LogP contribution in [-0.4, -0.2) is 11.7 Å². The van der Waals surface area contributed by atoms with Crippen molar-refractivity contribution in [1.29, 1.82) is 0 Å². The van der Waals surface area contributed by atoms with E-state index in [-0.39, 0.29) is 11.3 Å². The van der Waals surface area contributed by atoms with Crippen molar-refractivity contribution in [3.8, 4) is 5.75 Å². The normalized spacial score (nSPS) is 16.4. The van der Waals surface area contributed by atoms with Crippen LogP contribution in [0.25, 0.3) is 0 Å². The predicted octanol–water partition coefficient (Wildman–Crippen LogP) is 6.35. The van der Waals surface area contributed by atoms with E-state index in [0.717, 1.165) is 22.6 Å². The second-order valence-electron chi connectivity index (χ2n) is 6.39. The second-order valence-corrected chi connectivity index (χ2v) is 8.33. The Bertz CT molecular complexity index is 959. The maximum atomic E-state index is 12.4. The molecular weight excluding hydrogens is 413 g/mol. The summed E-state index contributed by atoms with van der Waals surface area (Å²) in [6.45, 7) is 0.476. The van der Waals surface area contributed by atoms with Gasteiger partial charge in [0.1, 0.15) is 17.7 Å². The van der Waals surface area contributed by atoms with Crippen molar-refractivity contribution in [3.05, 3.63) is 94.0 Å². The van der Waals surface area contributed by atoms with Crippen LogP contribution in [-0.2, 0) is 11.4 Å². The molecule has 28 heavy (non-hydrogen) atoms. The van der Waals surface area contributed by atoms with Crippen LogP contribution in [0.4, 0.5) is 5.69 Å². The summed E-state index contributed by atoms with van der Waals surface area (Å²) in [7, 11) is 0. The summed E-state index contributed by atoms with van der Waals surface area (Å²) in [5.74, 6) is 1.34. The highest BCUT2D eigenvalue weighted by Gasteiger charge is 2.33. The van der Waals surface area contributed by atoms with Gasteiger partial charge in [-0.25, -0.2) is 0 Å². The predicted molar refractivity (Wildman–Crippen MR) is 116 cm³/mol. The van der Waals surface area contributed by atoms with Crippen LogP contribution in [0.5, 0.6) is 5.75 Å². The van der Waals surface area contributed by atoms with Gasteiger partial charge in [0.15, 0.2) is 0 Å². The van der Waals surface area contributed by atoms with E-state index >= 15 is 0 Å². The molecule has 3 nitrogen and oxygen atoms in total. The molecule has 1 saturated heterocycles. The van der Waals surface area contributed by atoms with E-state index in [0.29, 0.717) is 22.4 Å². The molecule has 4 rings (SSSR count). The summed E-state index contributed by atoms with van der Waals surface area (Å²) in [4.78, 5) is 14.3. The first-order valence-electron chi connectivity index (χ1n) is 8.76. The van der Waals surface area contributed by atoms with Crippen molar-refractivity contribution in [2.45, 2.75) is 12.0 Å². The Balaban J connectivity index is 1.47. The lowest BCUT2D eigenvalue weighted by atomic mass is 10.1. The number of benzene rings is 3. The number of halogens is 2. The highest BCUT2D eigenvalue weighted by molar-refractivity contribution is 8.00. The molecule has 3 aromatic rings. The van der Waals surface area contributed by atoms with E-state index < -0.39 is 0 Å². The third kappa shape index (κ3) is 4.30. The number of amides is 1. The zero-order valence-corrected chi connectivity index (χ0v) is 17.2. The van der Waals surface area contributed by atoms with Gasteiger partial charge in [0.05, 0.1) is 5.75 Å². The highest BCUT2D eigenvalue weighted by atomic mass is 35.5. The summed E-state index contributed by atoms with van der Waals surface area (Å²) >= 11 is 13.5. The fraction of sp³-hybridized carbons (Fsp3) is 0.136. The van der Waals surface area contributed by atoms with Gasteiger partial charge in [0.25, 0.3) is 0 Å². The van der Waals surface area contributed by atoms with Crippen molar-refractivity contribution < 1.29 is 9.53 Å². The Morgan fingerprint density at radius 1 is 0.893 bits per heavy atom. The Morgan fingerprint density at radius 2 is 1.50 bits per heavy atom. The van der Waals surface area contributed by atoms with Gasteiger partial charge in [-0.3, -0.25) is 9.69 Å². The number of carbonyl (C=O) groups is 1. The number of carbonyl (C=O) groups excluding carboxylic acids is 1. The summed E-state index contributed by atoms with van der Waals surface area (Å²) in [6, 6.07) is 22.9. The second kappa shape index (κ2) is 8.48. The minimum absolute atomic E-state index is 0.0565. The van der Waals surface area contributed by atoms with E-state index in [1.54, 1.807) is 23.9 Å². The average molecular weight is 430 g/mol. The molecule has 0 radical (unpaired) electrons. The number of thioether (sulfide) groups is 1. The van der Waals surface area contributed by atoms with Gasteiger partial charge in [0, 0.05) is 15.7 Å². The molecule has 0 saturated carbocycles. The van der Waals surface area contributed by atoms with Gasteiger partial charge in [-0.1, -0.05) is 47.5 Å². The number of ether oxygens (including phenoxy) is 1. The molecule has 1 aliphatic heterocycles. The fourth-order valence-corrected chi connectivity index (χ4v) is 4.46. The van der Waals surface area contributed by atoms with Crippen LogP contribution in [0.2, 0.25) is 10.0 Å². The van der Waals surface area contributed by atoms with Gasteiger partial charge in [0.2, 0.25) is 5.91 Å². The highest BCUT2D eigenvalue weighted by Crippen LogP contribution is 2.42. The minimum atomic E-state index is -0.0565. The number of rotatable bonds is 5. The average Bonchev–Trinajstić information content (AvgIpc) is 3.10. The Hall–Kier alpha value is -2.14. The third-order valence-electron chi connectivity index (χ3n) is 4.46. The summed E-state index contributed by atoms with van der Waals surface area (Å²) in [5.41, 5.74) is 2.97. The largest absolute Gasteiger partial charge is 0.489 e. The molecule has 1 aliphatic rings. The lowest BCUT2D eigenvalue weighted by Crippen LogP contribution is -2.27. The summed E-state index contributed by atoms with van der Waals surface area (Å²) in [6.07, 6.45) is 0. The monoisotopic (exact) mass is 429 g/mol. The molecule has 0 bridgehead atoms. The summed E-state index contributed by atoms with van der Waals surface area (Å²) in [5, 5.41) is 1.31. The van der Waals surface area contributed by atoms with E-state index in [1.807, 2.05) is 65.6 Å². The zero-order chi connectivity index (χ0) is 19.5. The van der Waals surface area contributed by atoms with Gasteiger partial charge in [-0.15, -0.1) is 11.8 Å². The number of hydrogen-bond acceptors (Lipinski definition) is 3. The maximum absolute atomic E-state index is 12.4. The molecule has 0 aromatic heterocycles. The topological polar surface area (TPSA) is 29.5 Å².